The summed E-state index contributed by atoms with van der Waals surface area (Å²) in [6.45, 7) is 10.2. The minimum Gasteiger partial charge on any atom is -0.507 e. The molecule has 3 heterocycles. The maximum absolute atomic E-state index is 14.2. The van der Waals surface area contributed by atoms with Crippen molar-refractivity contribution < 1.29 is 73.2 Å². The number of fused-ring (bicyclic) bond motifs is 14. The van der Waals surface area contributed by atoms with Gasteiger partial charge in [0.25, 0.3) is 11.7 Å². The van der Waals surface area contributed by atoms with Crippen LogP contribution in [-0.4, -0.2) is 98.4 Å². The lowest BCUT2D eigenvalue weighted by atomic mass is 9.78. The molecule has 0 saturated heterocycles. The van der Waals surface area contributed by atoms with Gasteiger partial charge in [0.05, 0.1) is 35.1 Å². The van der Waals surface area contributed by atoms with E-state index in [1.54, 1.807) is 13.8 Å². The molecule has 8 atom stereocenters. The number of benzene rings is 2. The molecule has 2 aromatic rings. The number of aliphatic carboxylic acids is 1. The molecule has 55 heavy (non-hydrogen) atoms. The van der Waals surface area contributed by atoms with Gasteiger partial charge in [0, 0.05) is 61.3 Å². The Morgan fingerprint density at radius 2 is 1.67 bits per heavy atom. The highest BCUT2D eigenvalue weighted by Crippen LogP contribution is 2.54. The van der Waals surface area contributed by atoms with E-state index in [1.807, 2.05) is 0 Å². The second-order valence-electron chi connectivity index (χ2n) is 14.2. The van der Waals surface area contributed by atoms with Crippen LogP contribution in [0.2, 0.25) is 0 Å². The summed E-state index contributed by atoms with van der Waals surface area (Å²) in [4.78, 5) is 64.8. The quantitative estimate of drug-likeness (QED) is 0.187. The van der Waals surface area contributed by atoms with Crippen LogP contribution in [0.1, 0.15) is 64.4 Å². The van der Waals surface area contributed by atoms with Crippen LogP contribution in [-0.2, 0) is 33.4 Å². The first-order valence-electron chi connectivity index (χ1n) is 17.4. The van der Waals surface area contributed by atoms with Gasteiger partial charge in [0.15, 0.2) is 18.1 Å². The fraction of sp³-hybridized carbons (Fsp3) is 0.462. The van der Waals surface area contributed by atoms with Crippen molar-refractivity contribution in [1.29, 1.82) is 0 Å². The molecule has 5 bridgehead atoms. The van der Waals surface area contributed by atoms with Gasteiger partial charge in [-0.1, -0.05) is 32.9 Å². The summed E-state index contributed by atoms with van der Waals surface area (Å²) in [5, 5.41) is 56.7. The number of allylic oxidation sites excluding steroid dienone is 2. The first kappa shape index (κ1) is 42.3. The molecule has 2 aromatic carbocycles. The van der Waals surface area contributed by atoms with Crippen molar-refractivity contribution in [2.75, 3.05) is 19.0 Å². The van der Waals surface area contributed by atoms with Gasteiger partial charge in [-0.05, 0) is 32.9 Å². The number of aliphatic hydroxyl groups excluding tert-OH is 1. The number of phenolic OH excluding ortho intramolecular Hbond substituents is 2. The fourth-order valence-corrected chi connectivity index (χ4v) is 6.77. The number of carboxylic acid groups (broad SMARTS) is 1. The standard InChI is InChI=1S/C39H47NO15/c1-17-11-10-13-38(7,50)35(47)21(5)30(44)19(3)33(54-22(6)41)18(2)24(51-9)12-14-53-39(8)36(48)29-27-25(52-16-26(42)43)15-23(40-37(17)49)32(46)28(27)31(45)20(4)34(29)55-39/h10-15,18-19,21,24,30,33,44-46,50H,16H2,1-9H3,(H,40,49)(H,42,43)/b13-10+,14-12+,17-11?. The number of carbonyl (C=O) groups is 5. The Hall–Kier alpha value is -5.45. The average Bonchev–Trinajstić information content (AvgIpc) is 3.38. The third-order valence-electron chi connectivity index (χ3n) is 9.99. The monoisotopic (exact) mass is 769 g/mol. The molecule has 0 spiro atoms. The molecule has 16 heteroatoms. The van der Waals surface area contributed by atoms with E-state index in [1.165, 1.54) is 66.9 Å². The molecule has 16 nitrogen and oxygen atoms in total. The van der Waals surface area contributed by atoms with E-state index in [-0.39, 0.29) is 44.7 Å². The number of ether oxygens (including phenoxy) is 5. The smallest absolute Gasteiger partial charge is 0.341 e. The number of hydrogen-bond donors (Lipinski definition) is 6. The first-order chi connectivity index (χ1) is 25.6. The number of carboxylic acids is 1. The van der Waals surface area contributed by atoms with Crippen molar-refractivity contribution in [2.24, 2.45) is 17.8 Å². The lowest BCUT2D eigenvalue weighted by Crippen LogP contribution is -2.48. The molecular weight excluding hydrogens is 722 g/mol. The number of aromatic hydroxyl groups is 2. The Kier molecular flexibility index (Phi) is 12.4. The lowest BCUT2D eigenvalue weighted by molar-refractivity contribution is -0.160. The molecule has 3 aliphatic heterocycles. The Labute approximate surface area is 317 Å². The van der Waals surface area contributed by atoms with Crippen LogP contribution in [0.4, 0.5) is 5.69 Å². The van der Waals surface area contributed by atoms with Gasteiger partial charge < -0.3 is 54.5 Å². The summed E-state index contributed by atoms with van der Waals surface area (Å²) in [5.74, 6) is -11.0. The zero-order chi connectivity index (χ0) is 41.3. The molecule has 3 aliphatic rings. The molecule has 8 unspecified atom stereocenters. The van der Waals surface area contributed by atoms with Crippen molar-refractivity contribution in [1.82, 2.24) is 0 Å². The Balaban J connectivity index is 1.95. The van der Waals surface area contributed by atoms with Crippen LogP contribution in [0.3, 0.4) is 0 Å². The number of carbonyl (C=O) groups excluding carboxylic acids is 4. The first-order valence-corrected chi connectivity index (χ1v) is 17.4. The maximum atomic E-state index is 14.2. The summed E-state index contributed by atoms with van der Waals surface area (Å²) in [7, 11) is 1.37. The predicted octanol–water partition coefficient (Wildman–Crippen LogP) is 3.84. The van der Waals surface area contributed by atoms with E-state index in [2.05, 4.69) is 5.32 Å². The highest BCUT2D eigenvalue weighted by Gasteiger charge is 2.50. The number of rotatable bonds is 5. The molecule has 6 N–H and O–H groups in total. The second kappa shape index (κ2) is 16.1. The summed E-state index contributed by atoms with van der Waals surface area (Å²) >= 11 is 0. The van der Waals surface area contributed by atoms with Crippen molar-refractivity contribution in [3.05, 3.63) is 53.3 Å². The Morgan fingerprint density at radius 1 is 1.02 bits per heavy atom. The molecular formula is C39H47NO15. The van der Waals surface area contributed by atoms with Crippen molar-refractivity contribution >= 4 is 45.9 Å². The van der Waals surface area contributed by atoms with E-state index >= 15 is 0 Å². The molecule has 298 valence electrons. The molecule has 0 radical (unpaired) electrons. The summed E-state index contributed by atoms with van der Waals surface area (Å²) in [6.07, 6.45) is 2.81. The van der Waals surface area contributed by atoms with Gasteiger partial charge >= 0.3 is 17.7 Å². The third-order valence-corrected chi connectivity index (χ3v) is 9.99. The molecule has 0 fully saturated rings. The van der Waals surface area contributed by atoms with Crippen molar-refractivity contribution in [2.45, 2.75) is 85.1 Å². The topological polar surface area (TPSA) is 245 Å². The highest BCUT2D eigenvalue weighted by molar-refractivity contribution is 6.21. The SMILES string of the molecule is COC1/C=C/OC2(C)Oc3c(C)c(O)c4c(O)c(cc(OCC(=O)O)c4c3C2=O)NC(=O)C(C)=C/C=C/C(C)(O)C(=O)C(C)C(O)C(C)C(OC(C)=O)C1C. The molecule has 0 aliphatic carbocycles. The number of anilines is 1. The largest absolute Gasteiger partial charge is 0.507 e. The van der Waals surface area contributed by atoms with E-state index in [0.29, 0.717) is 0 Å². The number of nitrogens with one attached hydrogen (secondary N) is 1. The van der Waals surface area contributed by atoms with Gasteiger partial charge in [-0.25, -0.2) is 4.79 Å². The van der Waals surface area contributed by atoms with E-state index in [9.17, 15) is 49.5 Å². The average molecular weight is 770 g/mol. The van der Waals surface area contributed by atoms with Crippen molar-refractivity contribution in [3.8, 4) is 23.0 Å². The normalized spacial score (nSPS) is 30.2. The number of ketones is 2. The fourth-order valence-electron chi connectivity index (χ4n) is 6.77. The van der Waals surface area contributed by atoms with Gasteiger partial charge in [-0.3, -0.25) is 19.2 Å². The zero-order valence-corrected chi connectivity index (χ0v) is 32.0. The summed E-state index contributed by atoms with van der Waals surface area (Å²) in [6, 6.07) is 1.08. The molecule has 0 saturated carbocycles. The van der Waals surface area contributed by atoms with E-state index in [0.717, 1.165) is 18.4 Å². The summed E-state index contributed by atoms with van der Waals surface area (Å²) in [5.41, 5.74) is -2.66. The number of methoxy groups -OCH3 is 1. The van der Waals surface area contributed by atoms with Crippen LogP contribution in [0.25, 0.3) is 10.8 Å². The van der Waals surface area contributed by atoms with Gasteiger partial charge in [0.2, 0.25) is 0 Å². The van der Waals surface area contributed by atoms with Crippen molar-refractivity contribution in [3.63, 3.8) is 0 Å². The predicted molar refractivity (Wildman–Crippen MR) is 196 cm³/mol. The Morgan fingerprint density at radius 3 is 2.27 bits per heavy atom. The number of phenols is 2. The lowest BCUT2D eigenvalue weighted by Gasteiger charge is -2.37. The van der Waals surface area contributed by atoms with Crippen LogP contribution in [0.15, 0.2) is 42.2 Å². The highest BCUT2D eigenvalue weighted by atomic mass is 16.7. The minimum atomic E-state index is -2.13. The third kappa shape index (κ3) is 8.30. The number of amides is 1. The van der Waals surface area contributed by atoms with Crippen LogP contribution in [0, 0.1) is 24.7 Å². The maximum Gasteiger partial charge on any atom is 0.341 e. The number of aliphatic hydroxyl groups is 2. The molecule has 5 rings (SSSR count). The summed E-state index contributed by atoms with van der Waals surface area (Å²) < 4.78 is 28.7. The van der Waals surface area contributed by atoms with Gasteiger partial charge in [0.1, 0.15) is 29.0 Å². The van der Waals surface area contributed by atoms with Crippen LogP contribution >= 0.6 is 0 Å². The van der Waals surface area contributed by atoms with E-state index in [4.69, 9.17) is 23.7 Å². The van der Waals surface area contributed by atoms with Gasteiger partial charge in [-0.15, -0.1) is 0 Å². The molecule has 0 aromatic heterocycles. The van der Waals surface area contributed by atoms with E-state index < -0.39 is 95.0 Å². The Bertz CT molecular complexity index is 2000. The zero-order valence-electron chi connectivity index (χ0n) is 32.0. The molecule has 1 amide bonds. The van der Waals surface area contributed by atoms with Crippen LogP contribution < -0.4 is 14.8 Å². The second-order valence-corrected chi connectivity index (χ2v) is 14.2. The number of esters is 1. The number of hydrogen-bond acceptors (Lipinski definition) is 14. The minimum absolute atomic E-state index is 0.00200. The van der Waals surface area contributed by atoms with Gasteiger partial charge in [-0.2, -0.15) is 0 Å². The number of Topliss-reactive ketones (excluding diaryl/α,β-unsaturated/α-hetero) is 2. The van der Waals surface area contributed by atoms with Crippen LogP contribution in [0.5, 0.6) is 23.0 Å².